The Morgan fingerprint density at radius 3 is 1.47 bits per heavy atom. The molecule has 0 heteroatoms. The summed E-state index contributed by atoms with van der Waals surface area (Å²) >= 11 is 0. The van der Waals surface area contributed by atoms with E-state index in [1.54, 1.807) is 0 Å². The minimum Gasteiger partial charge on any atom is -0.0628 e. The Labute approximate surface area is 122 Å². The van der Waals surface area contributed by atoms with Crippen molar-refractivity contribution in [3.8, 4) is 0 Å². The SMILES string of the molecule is CC(C)CCCCCCCCCCCC1C(C)C1C. The molecule has 0 radical (unpaired) electrons. The second kappa shape index (κ2) is 9.83. The van der Waals surface area contributed by atoms with Crippen molar-refractivity contribution in [3.05, 3.63) is 0 Å². The highest BCUT2D eigenvalue weighted by atomic mass is 14.5. The van der Waals surface area contributed by atoms with Crippen LogP contribution < -0.4 is 0 Å². The smallest absolute Gasteiger partial charge is 0.0357 e. The molecule has 19 heavy (non-hydrogen) atoms. The first kappa shape index (κ1) is 17.1. The van der Waals surface area contributed by atoms with Gasteiger partial charge in [-0.3, -0.25) is 0 Å². The Bertz CT molecular complexity index is 198. The molecule has 0 N–H and O–H groups in total. The van der Waals surface area contributed by atoms with E-state index in [9.17, 15) is 0 Å². The van der Waals surface area contributed by atoms with E-state index >= 15 is 0 Å². The van der Waals surface area contributed by atoms with Crippen LogP contribution >= 0.6 is 0 Å². The van der Waals surface area contributed by atoms with Crippen LogP contribution in [-0.4, -0.2) is 0 Å². The third kappa shape index (κ3) is 8.00. The lowest BCUT2D eigenvalue weighted by molar-refractivity contribution is 0.501. The maximum absolute atomic E-state index is 2.43. The van der Waals surface area contributed by atoms with Gasteiger partial charge in [0.1, 0.15) is 0 Å². The van der Waals surface area contributed by atoms with Crippen molar-refractivity contribution in [3.63, 3.8) is 0 Å². The third-order valence-corrected chi connectivity index (χ3v) is 5.36. The van der Waals surface area contributed by atoms with Crippen molar-refractivity contribution in [2.45, 2.75) is 98.3 Å². The van der Waals surface area contributed by atoms with Gasteiger partial charge in [-0.05, 0) is 30.1 Å². The van der Waals surface area contributed by atoms with Gasteiger partial charge in [-0.25, -0.2) is 0 Å². The van der Waals surface area contributed by atoms with Crippen molar-refractivity contribution in [2.75, 3.05) is 0 Å². The van der Waals surface area contributed by atoms with Crippen molar-refractivity contribution in [2.24, 2.45) is 23.7 Å². The van der Waals surface area contributed by atoms with Gasteiger partial charge in [0.25, 0.3) is 0 Å². The van der Waals surface area contributed by atoms with Crippen LogP contribution in [0.3, 0.4) is 0 Å². The molecule has 2 unspecified atom stereocenters. The van der Waals surface area contributed by atoms with Gasteiger partial charge in [-0.2, -0.15) is 0 Å². The molecular formula is C19H38. The van der Waals surface area contributed by atoms with Crippen molar-refractivity contribution in [1.82, 2.24) is 0 Å². The zero-order chi connectivity index (χ0) is 14.1. The summed E-state index contributed by atoms with van der Waals surface area (Å²) in [6, 6.07) is 0. The van der Waals surface area contributed by atoms with Gasteiger partial charge in [0.05, 0.1) is 0 Å². The molecule has 1 rings (SSSR count). The Kier molecular flexibility index (Phi) is 8.83. The van der Waals surface area contributed by atoms with Crippen LogP contribution in [0.5, 0.6) is 0 Å². The van der Waals surface area contributed by atoms with Crippen LogP contribution in [0.25, 0.3) is 0 Å². The van der Waals surface area contributed by atoms with E-state index < -0.39 is 0 Å². The lowest BCUT2D eigenvalue weighted by atomic mass is 10.0. The molecule has 0 heterocycles. The normalized spacial score (nSPS) is 26.1. The fourth-order valence-electron chi connectivity index (χ4n) is 3.46. The summed E-state index contributed by atoms with van der Waals surface area (Å²) in [5, 5.41) is 0. The van der Waals surface area contributed by atoms with E-state index in [1.165, 1.54) is 70.6 Å². The summed E-state index contributed by atoms with van der Waals surface area (Å²) in [4.78, 5) is 0. The standard InChI is InChI=1S/C19H38/c1-16(2)14-12-10-8-6-5-7-9-11-13-15-19-17(3)18(19)4/h16-19H,5-15H2,1-4H3. The van der Waals surface area contributed by atoms with Crippen molar-refractivity contribution >= 4 is 0 Å². The summed E-state index contributed by atoms with van der Waals surface area (Å²) in [6.07, 6.45) is 16.3. The van der Waals surface area contributed by atoms with E-state index in [2.05, 4.69) is 27.7 Å². The summed E-state index contributed by atoms with van der Waals surface area (Å²) in [7, 11) is 0. The zero-order valence-electron chi connectivity index (χ0n) is 14.1. The van der Waals surface area contributed by atoms with Crippen molar-refractivity contribution in [1.29, 1.82) is 0 Å². The van der Waals surface area contributed by atoms with Gasteiger partial charge < -0.3 is 0 Å². The van der Waals surface area contributed by atoms with E-state index in [0.717, 1.165) is 23.7 Å². The number of hydrogen-bond acceptors (Lipinski definition) is 0. The molecule has 1 aliphatic rings. The lowest BCUT2D eigenvalue weighted by Crippen LogP contribution is -1.87. The molecule has 0 aliphatic heterocycles. The van der Waals surface area contributed by atoms with Crippen LogP contribution in [0.15, 0.2) is 0 Å². The molecule has 0 bridgehead atoms. The minimum absolute atomic E-state index is 0.900. The van der Waals surface area contributed by atoms with Gasteiger partial charge in [0.2, 0.25) is 0 Å². The number of rotatable bonds is 12. The highest BCUT2D eigenvalue weighted by Crippen LogP contribution is 2.48. The molecule has 0 nitrogen and oxygen atoms in total. The summed E-state index contributed by atoms with van der Waals surface area (Å²) in [5.41, 5.74) is 0. The highest BCUT2D eigenvalue weighted by Gasteiger charge is 2.41. The van der Waals surface area contributed by atoms with Gasteiger partial charge in [0.15, 0.2) is 0 Å². The summed E-state index contributed by atoms with van der Waals surface area (Å²) in [5.74, 6) is 4.05. The van der Waals surface area contributed by atoms with Crippen LogP contribution in [0.1, 0.15) is 98.3 Å². The molecule has 0 aromatic rings. The minimum atomic E-state index is 0.900. The molecule has 1 aliphatic carbocycles. The Morgan fingerprint density at radius 1 is 0.632 bits per heavy atom. The Balaban J connectivity index is 1.70. The average molecular weight is 267 g/mol. The Hall–Kier alpha value is 0. The fraction of sp³-hybridized carbons (Fsp3) is 1.00. The monoisotopic (exact) mass is 266 g/mol. The first-order valence-corrected chi connectivity index (χ1v) is 9.13. The van der Waals surface area contributed by atoms with Crippen LogP contribution in [0, 0.1) is 23.7 Å². The third-order valence-electron chi connectivity index (χ3n) is 5.36. The van der Waals surface area contributed by atoms with Gasteiger partial charge >= 0.3 is 0 Å². The molecule has 2 atom stereocenters. The molecule has 0 amide bonds. The van der Waals surface area contributed by atoms with E-state index in [-0.39, 0.29) is 0 Å². The second-order valence-corrected chi connectivity index (χ2v) is 7.54. The van der Waals surface area contributed by atoms with E-state index in [4.69, 9.17) is 0 Å². The maximum Gasteiger partial charge on any atom is -0.0357 e. The van der Waals surface area contributed by atoms with Crippen LogP contribution in [0.2, 0.25) is 0 Å². The van der Waals surface area contributed by atoms with Gasteiger partial charge in [0, 0.05) is 0 Å². The lowest BCUT2D eigenvalue weighted by Gasteiger charge is -2.04. The topological polar surface area (TPSA) is 0 Å². The zero-order valence-corrected chi connectivity index (χ0v) is 14.1. The molecule has 0 saturated heterocycles. The number of unbranched alkanes of at least 4 members (excludes halogenated alkanes) is 8. The van der Waals surface area contributed by atoms with E-state index in [1.807, 2.05) is 0 Å². The fourth-order valence-corrected chi connectivity index (χ4v) is 3.46. The quantitative estimate of drug-likeness (QED) is 0.339. The second-order valence-electron chi connectivity index (χ2n) is 7.54. The molecule has 1 fully saturated rings. The van der Waals surface area contributed by atoms with Crippen LogP contribution in [0.4, 0.5) is 0 Å². The Morgan fingerprint density at radius 2 is 1.05 bits per heavy atom. The largest absolute Gasteiger partial charge is 0.0628 e. The summed E-state index contributed by atoms with van der Waals surface area (Å²) in [6.45, 7) is 9.52. The molecule has 1 saturated carbocycles. The average Bonchev–Trinajstić information content (AvgIpc) is 2.93. The first-order valence-electron chi connectivity index (χ1n) is 9.13. The van der Waals surface area contributed by atoms with Crippen molar-refractivity contribution < 1.29 is 0 Å². The van der Waals surface area contributed by atoms with Crippen LogP contribution in [-0.2, 0) is 0 Å². The molecule has 114 valence electrons. The first-order chi connectivity index (χ1) is 9.13. The maximum atomic E-state index is 2.43. The van der Waals surface area contributed by atoms with Gasteiger partial charge in [-0.15, -0.1) is 0 Å². The van der Waals surface area contributed by atoms with E-state index in [0.29, 0.717) is 0 Å². The summed E-state index contributed by atoms with van der Waals surface area (Å²) < 4.78 is 0. The molecule has 0 aromatic heterocycles. The number of hydrogen-bond donors (Lipinski definition) is 0. The predicted molar refractivity (Wildman–Crippen MR) is 87.4 cm³/mol. The highest BCUT2D eigenvalue weighted by molar-refractivity contribution is 4.90. The van der Waals surface area contributed by atoms with Gasteiger partial charge in [-0.1, -0.05) is 91.9 Å². The molecular weight excluding hydrogens is 228 g/mol. The molecule has 0 aromatic carbocycles. The predicted octanol–water partition coefficient (Wildman–Crippen LogP) is 6.84. The molecule has 0 spiro atoms.